The first-order chi connectivity index (χ1) is 13.3. The fraction of sp³-hybridized carbons (Fsp3) is 0.850. The second kappa shape index (κ2) is 15.4. The van der Waals surface area contributed by atoms with Gasteiger partial charge in [0.1, 0.15) is 12.1 Å². The minimum Gasteiger partial charge on any atom is -0.464 e. The lowest BCUT2D eigenvalue weighted by Crippen LogP contribution is -2.51. The van der Waals surface area contributed by atoms with Crippen LogP contribution in [0.1, 0.15) is 65.7 Å². The smallest absolute Gasteiger partial charge is 0.410 e. The molecule has 0 aliphatic rings. The van der Waals surface area contributed by atoms with E-state index < -0.39 is 24.1 Å². The Bertz CT molecular complexity index is 476. The summed E-state index contributed by atoms with van der Waals surface area (Å²) < 4.78 is 10.3. The number of rotatable bonds is 14. The maximum atomic E-state index is 12.6. The summed E-state index contributed by atoms with van der Waals surface area (Å²) in [5.41, 5.74) is 0. The van der Waals surface area contributed by atoms with E-state index in [-0.39, 0.29) is 12.5 Å². The maximum Gasteiger partial charge on any atom is 0.410 e. The van der Waals surface area contributed by atoms with Crippen molar-refractivity contribution in [3.63, 3.8) is 0 Å². The standard InChI is InChI=1S/C20H37ClN2O5/c1-6-7-8-9-10-11-14-27-19(25)17(3)22(4)18(24)16(2)23(5)20(26)28-15-12-13-21/h16-17H,6-15H2,1-5H3. The maximum absolute atomic E-state index is 12.6. The highest BCUT2D eigenvalue weighted by atomic mass is 35.5. The zero-order valence-electron chi connectivity index (χ0n) is 18.0. The van der Waals surface area contributed by atoms with E-state index in [1.54, 1.807) is 13.8 Å². The van der Waals surface area contributed by atoms with Crippen molar-refractivity contribution in [3.05, 3.63) is 0 Å². The number of carbonyl (C=O) groups excluding carboxylic acids is 3. The summed E-state index contributed by atoms with van der Waals surface area (Å²) in [6.07, 6.45) is 6.59. The third kappa shape index (κ3) is 10.2. The van der Waals surface area contributed by atoms with Crippen LogP contribution in [0.4, 0.5) is 4.79 Å². The van der Waals surface area contributed by atoms with Gasteiger partial charge in [-0.2, -0.15) is 0 Å². The lowest BCUT2D eigenvalue weighted by molar-refractivity contribution is -0.154. The van der Waals surface area contributed by atoms with Crippen molar-refractivity contribution < 1.29 is 23.9 Å². The van der Waals surface area contributed by atoms with Crippen LogP contribution in [0, 0.1) is 0 Å². The third-order valence-electron chi connectivity index (χ3n) is 4.74. The molecule has 0 spiro atoms. The Morgan fingerprint density at radius 2 is 1.39 bits per heavy atom. The molecule has 0 saturated carbocycles. The van der Waals surface area contributed by atoms with Crippen LogP contribution in [-0.2, 0) is 19.1 Å². The van der Waals surface area contributed by atoms with E-state index in [0.29, 0.717) is 18.9 Å². The first-order valence-corrected chi connectivity index (χ1v) is 10.7. The molecule has 0 fully saturated rings. The predicted octanol–water partition coefficient (Wildman–Crippen LogP) is 3.82. The van der Waals surface area contributed by atoms with Crippen molar-refractivity contribution in [2.45, 2.75) is 77.8 Å². The number of carbonyl (C=O) groups is 3. The summed E-state index contributed by atoms with van der Waals surface area (Å²) in [5, 5.41) is 0. The minimum absolute atomic E-state index is 0.199. The van der Waals surface area contributed by atoms with Crippen molar-refractivity contribution in [1.82, 2.24) is 9.80 Å². The molecule has 2 unspecified atom stereocenters. The molecule has 0 aromatic carbocycles. The minimum atomic E-state index is -0.762. The van der Waals surface area contributed by atoms with Gasteiger partial charge >= 0.3 is 12.1 Å². The fourth-order valence-electron chi connectivity index (χ4n) is 2.46. The van der Waals surface area contributed by atoms with E-state index >= 15 is 0 Å². The molecule has 0 N–H and O–H groups in total. The average Bonchev–Trinajstić information content (AvgIpc) is 2.70. The van der Waals surface area contributed by atoms with Crippen LogP contribution < -0.4 is 0 Å². The molecule has 7 nitrogen and oxygen atoms in total. The SMILES string of the molecule is CCCCCCCCOC(=O)C(C)N(C)C(=O)C(C)N(C)C(=O)OCCCCl. The van der Waals surface area contributed by atoms with Gasteiger partial charge in [0.2, 0.25) is 5.91 Å². The first kappa shape index (κ1) is 26.5. The molecule has 0 heterocycles. The highest BCUT2D eigenvalue weighted by molar-refractivity contribution is 6.17. The molecule has 0 aliphatic carbocycles. The Hall–Kier alpha value is -1.50. The van der Waals surface area contributed by atoms with Crippen LogP contribution in [0.5, 0.6) is 0 Å². The largest absolute Gasteiger partial charge is 0.464 e. The molecular weight excluding hydrogens is 384 g/mol. The third-order valence-corrected chi connectivity index (χ3v) is 5.01. The molecule has 0 saturated heterocycles. The van der Waals surface area contributed by atoms with E-state index in [4.69, 9.17) is 21.1 Å². The summed E-state index contributed by atoms with van der Waals surface area (Å²) in [4.78, 5) is 39.2. The quantitative estimate of drug-likeness (QED) is 0.242. The number of likely N-dealkylation sites (N-methyl/N-ethyl adjacent to an activating group) is 2. The van der Waals surface area contributed by atoms with E-state index in [0.717, 1.165) is 19.3 Å². The van der Waals surface area contributed by atoms with Crippen LogP contribution in [0.3, 0.4) is 0 Å². The summed E-state index contributed by atoms with van der Waals surface area (Å²) >= 11 is 5.55. The topological polar surface area (TPSA) is 76.2 Å². The van der Waals surface area contributed by atoms with Gasteiger partial charge < -0.3 is 14.4 Å². The van der Waals surface area contributed by atoms with Gasteiger partial charge in [0.15, 0.2) is 0 Å². The average molecular weight is 421 g/mol. The monoisotopic (exact) mass is 420 g/mol. The molecule has 0 radical (unpaired) electrons. The lowest BCUT2D eigenvalue weighted by atomic mass is 10.1. The predicted molar refractivity (Wildman–Crippen MR) is 110 cm³/mol. The Labute approximate surface area is 174 Å². The Morgan fingerprint density at radius 1 is 0.821 bits per heavy atom. The van der Waals surface area contributed by atoms with Crippen molar-refractivity contribution in [3.8, 4) is 0 Å². The molecular formula is C20H37ClN2O5. The highest BCUT2D eigenvalue weighted by Gasteiger charge is 2.31. The summed E-state index contributed by atoms with van der Waals surface area (Å²) in [7, 11) is 3.02. The van der Waals surface area contributed by atoms with E-state index in [2.05, 4.69) is 6.92 Å². The molecule has 8 heteroatoms. The Balaban J connectivity index is 4.35. The summed E-state index contributed by atoms with van der Waals surface area (Å²) in [6, 6.07) is -1.49. The molecule has 0 aliphatic heterocycles. The van der Waals surface area contributed by atoms with Gasteiger partial charge in [-0.15, -0.1) is 11.6 Å². The van der Waals surface area contributed by atoms with Gasteiger partial charge in [-0.25, -0.2) is 9.59 Å². The summed E-state index contributed by atoms with van der Waals surface area (Å²) in [5.74, 6) is -0.406. The molecule has 28 heavy (non-hydrogen) atoms. The van der Waals surface area contributed by atoms with Crippen LogP contribution >= 0.6 is 11.6 Å². The fourth-order valence-corrected chi connectivity index (χ4v) is 2.57. The number of hydrogen-bond donors (Lipinski definition) is 0. The van der Waals surface area contributed by atoms with Gasteiger partial charge in [-0.3, -0.25) is 9.69 Å². The first-order valence-electron chi connectivity index (χ1n) is 10.2. The second-order valence-electron chi connectivity index (χ2n) is 7.00. The van der Waals surface area contributed by atoms with Gasteiger partial charge in [0.05, 0.1) is 13.2 Å². The van der Waals surface area contributed by atoms with Crippen LogP contribution in [-0.4, -0.2) is 73.0 Å². The number of nitrogens with zero attached hydrogens (tertiary/aromatic N) is 2. The number of alkyl halides is 1. The van der Waals surface area contributed by atoms with E-state index in [1.807, 2.05) is 0 Å². The number of halogens is 1. The van der Waals surface area contributed by atoms with E-state index in [1.165, 1.54) is 43.2 Å². The number of ether oxygens (including phenoxy) is 2. The molecule has 2 atom stereocenters. The van der Waals surface area contributed by atoms with E-state index in [9.17, 15) is 14.4 Å². The zero-order chi connectivity index (χ0) is 21.5. The molecule has 0 bridgehead atoms. The summed E-state index contributed by atoms with van der Waals surface area (Å²) in [6.45, 7) is 5.94. The van der Waals surface area contributed by atoms with Crippen LogP contribution in [0.25, 0.3) is 0 Å². The second-order valence-corrected chi connectivity index (χ2v) is 7.38. The zero-order valence-corrected chi connectivity index (χ0v) is 18.8. The van der Waals surface area contributed by atoms with Gasteiger partial charge in [0, 0.05) is 20.0 Å². The number of hydrogen-bond acceptors (Lipinski definition) is 5. The molecule has 0 aromatic heterocycles. The van der Waals surface area contributed by atoms with Gasteiger partial charge in [-0.1, -0.05) is 39.0 Å². The van der Waals surface area contributed by atoms with Crippen molar-refractivity contribution in [1.29, 1.82) is 0 Å². The Morgan fingerprint density at radius 3 is 2.00 bits per heavy atom. The van der Waals surface area contributed by atoms with Crippen LogP contribution in [0.15, 0.2) is 0 Å². The van der Waals surface area contributed by atoms with Crippen molar-refractivity contribution in [2.24, 2.45) is 0 Å². The highest BCUT2D eigenvalue weighted by Crippen LogP contribution is 2.09. The van der Waals surface area contributed by atoms with Gasteiger partial charge in [-0.05, 0) is 26.7 Å². The molecule has 2 amide bonds. The van der Waals surface area contributed by atoms with Crippen molar-refractivity contribution in [2.75, 3.05) is 33.2 Å². The molecule has 164 valence electrons. The molecule has 0 rings (SSSR count). The van der Waals surface area contributed by atoms with Gasteiger partial charge in [0.25, 0.3) is 0 Å². The Kier molecular flexibility index (Phi) is 14.6. The molecule has 0 aromatic rings. The van der Waals surface area contributed by atoms with Crippen molar-refractivity contribution >= 4 is 29.6 Å². The van der Waals surface area contributed by atoms with Crippen LogP contribution in [0.2, 0.25) is 0 Å². The number of amides is 2. The normalized spacial score (nSPS) is 12.8. The number of unbranched alkanes of at least 4 members (excludes halogenated alkanes) is 5. The number of esters is 1. The lowest BCUT2D eigenvalue weighted by Gasteiger charge is -2.30.